The van der Waals surface area contributed by atoms with Gasteiger partial charge in [0.25, 0.3) is 0 Å². The van der Waals surface area contributed by atoms with Crippen LogP contribution in [0.15, 0.2) is 0 Å². The fourth-order valence-corrected chi connectivity index (χ4v) is 11.8. The molecule has 0 aliphatic carbocycles. The molecule has 0 aromatic carbocycles. The predicted octanol–water partition coefficient (Wildman–Crippen LogP) is 0.896. The average Bonchev–Trinajstić information content (AvgIpc) is 1.53. The summed E-state index contributed by atoms with van der Waals surface area (Å²) in [5.74, 6) is 0. The summed E-state index contributed by atoms with van der Waals surface area (Å²) in [5.41, 5.74) is 0. The van der Waals surface area contributed by atoms with Crippen LogP contribution in [0.5, 0.6) is 0 Å². The Hall–Kier alpha value is 0.719. The molecule has 0 heterocycles. The molecule has 0 saturated heterocycles. The standard InChI is InChI=1S/2C3H8N.2CH3.Sn/c2*1-4(2)3;;;/h2*1H2,2-3H3;2*1H3;. The van der Waals surface area contributed by atoms with Gasteiger partial charge in [-0.2, -0.15) is 0 Å². The molecule has 0 aliphatic rings. The van der Waals surface area contributed by atoms with Crippen molar-refractivity contribution in [1.29, 1.82) is 0 Å². The maximum atomic E-state index is 2.51. The van der Waals surface area contributed by atoms with Crippen molar-refractivity contribution in [3.8, 4) is 0 Å². The molecule has 0 fully saturated rings. The Balaban J connectivity index is 3.79. The van der Waals surface area contributed by atoms with E-state index in [-0.39, 0.29) is 0 Å². The van der Waals surface area contributed by atoms with Crippen molar-refractivity contribution in [1.82, 2.24) is 9.80 Å². The number of nitrogens with zero attached hydrogens (tertiary/aromatic N) is 2. The maximum absolute atomic E-state index is 2.51. The van der Waals surface area contributed by atoms with E-state index in [1.165, 1.54) is 9.12 Å². The molecule has 0 radical (unpaired) electrons. The normalized spacial score (nSPS) is 13.1. The van der Waals surface area contributed by atoms with Gasteiger partial charge in [0.05, 0.1) is 0 Å². The van der Waals surface area contributed by atoms with Gasteiger partial charge in [0, 0.05) is 0 Å². The first-order chi connectivity index (χ1) is 4.83. The zero-order chi connectivity index (χ0) is 9.07. The van der Waals surface area contributed by atoms with Gasteiger partial charge in [-0.15, -0.1) is 0 Å². The summed E-state index contributed by atoms with van der Waals surface area (Å²) in [4.78, 5) is 9.68. The summed E-state index contributed by atoms with van der Waals surface area (Å²) in [6.07, 6.45) is 0. The van der Waals surface area contributed by atoms with Crippen molar-refractivity contribution < 1.29 is 0 Å². The molecular formula is C8H22N2Sn. The summed E-state index contributed by atoms with van der Waals surface area (Å²) in [6, 6.07) is 0. The van der Waals surface area contributed by atoms with E-state index in [2.05, 4.69) is 47.9 Å². The molecule has 2 nitrogen and oxygen atoms in total. The van der Waals surface area contributed by atoms with Crippen LogP contribution in [0, 0.1) is 0 Å². The van der Waals surface area contributed by atoms with Crippen LogP contribution in [0.25, 0.3) is 0 Å². The van der Waals surface area contributed by atoms with Gasteiger partial charge in [0.2, 0.25) is 0 Å². The average molecular weight is 265 g/mol. The summed E-state index contributed by atoms with van der Waals surface area (Å²) in [6.45, 7) is 0. The van der Waals surface area contributed by atoms with E-state index in [1.807, 2.05) is 0 Å². The molecule has 3 heteroatoms. The quantitative estimate of drug-likeness (QED) is 0.697. The van der Waals surface area contributed by atoms with Crippen molar-refractivity contribution in [3.05, 3.63) is 0 Å². The zero-order valence-corrected chi connectivity index (χ0v) is 11.7. The van der Waals surface area contributed by atoms with Crippen LogP contribution in [0.4, 0.5) is 0 Å². The number of hydrogen-bond acceptors (Lipinski definition) is 2. The molecule has 68 valence electrons. The molecule has 0 N–H and O–H groups in total. The van der Waals surface area contributed by atoms with Gasteiger partial charge in [0.15, 0.2) is 0 Å². The Kier molecular flexibility index (Phi) is 4.98. The molecule has 0 aromatic heterocycles. The van der Waals surface area contributed by atoms with Crippen molar-refractivity contribution in [2.24, 2.45) is 0 Å². The monoisotopic (exact) mass is 266 g/mol. The third kappa shape index (κ3) is 7.09. The third-order valence-corrected chi connectivity index (χ3v) is 9.99. The van der Waals surface area contributed by atoms with Crippen LogP contribution in [0.1, 0.15) is 0 Å². The van der Waals surface area contributed by atoms with E-state index in [0.717, 1.165) is 0 Å². The fourth-order valence-electron chi connectivity index (χ4n) is 1.76. The van der Waals surface area contributed by atoms with Gasteiger partial charge in [-0.3, -0.25) is 0 Å². The molecule has 0 aromatic rings. The van der Waals surface area contributed by atoms with E-state index in [1.54, 1.807) is 0 Å². The van der Waals surface area contributed by atoms with E-state index < -0.39 is 18.4 Å². The van der Waals surface area contributed by atoms with Crippen LogP contribution < -0.4 is 0 Å². The Labute approximate surface area is 75.4 Å². The van der Waals surface area contributed by atoms with Crippen molar-refractivity contribution in [3.63, 3.8) is 0 Å². The molecule has 11 heavy (non-hydrogen) atoms. The summed E-state index contributed by atoms with van der Waals surface area (Å²) in [5, 5.41) is 0. The van der Waals surface area contributed by atoms with Gasteiger partial charge < -0.3 is 0 Å². The molecule has 0 unspecified atom stereocenters. The minimum atomic E-state index is -1.68. The van der Waals surface area contributed by atoms with Crippen LogP contribution in [0.2, 0.25) is 9.88 Å². The second-order valence-electron chi connectivity index (χ2n) is 4.64. The van der Waals surface area contributed by atoms with Crippen molar-refractivity contribution in [2.45, 2.75) is 9.88 Å². The molecule has 0 amide bonds. The zero-order valence-electron chi connectivity index (χ0n) is 8.81. The summed E-state index contributed by atoms with van der Waals surface area (Å²) in [7, 11) is 8.70. The molecule has 0 spiro atoms. The van der Waals surface area contributed by atoms with E-state index in [9.17, 15) is 0 Å². The Morgan fingerprint density at radius 3 is 1.27 bits per heavy atom. The van der Waals surface area contributed by atoms with Gasteiger partial charge in [0.1, 0.15) is 0 Å². The van der Waals surface area contributed by atoms with Crippen molar-refractivity contribution in [2.75, 3.05) is 37.3 Å². The second kappa shape index (κ2) is 4.67. The van der Waals surface area contributed by atoms with Crippen LogP contribution >= 0.6 is 0 Å². The minimum absolute atomic E-state index is 1.35. The van der Waals surface area contributed by atoms with Gasteiger partial charge in [-0.05, 0) is 0 Å². The second-order valence-corrected chi connectivity index (χ2v) is 18.8. The number of rotatable bonds is 4. The van der Waals surface area contributed by atoms with Gasteiger partial charge in [-0.25, -0.2) is 0 Å². The molecule has 0 saturated carbocycles. The summed E-state index contributed by atoms with van der Waals surface area (Å²) >= 11 is -1.68. The van der Waals surface area contributed by atoms with E-state index >= 15 is 0 Å². The van der Waals surface area contributed by atoms with Gasteiger partial charge in [-0.1, -0.05) is 0 Å². The van der Waals surface area contributed by atoms with Crippen LogP contribution in [-0.2, 0) is 0 Å². The molecule has 0 atom stereocenters. The first-order valence-corrected chi connectivity index (χ1v) is 13.9. The molecule has 0 bridgehead atoms. The first-order valence-electron chi connectivity index (χ1n) is 4.13. The third-order valence-electron chi connectivity index (χ3n) is 1.49. The molecule has 0 aliphatic heterocycles. The van der Waals surface area contributed by atoms with Crippen LogP contribution in [-0.4, -0.2) is 65.5 Å². The van der Waals surface area contributed by atoms with E-state index in [0.29, 0.717) is 0 Å². The first kappa shape index (κ1) is 11.7. The summed E-state index contributed by atoms with van der Waals surface area (Å²) < 4.78 is 2.71. The SMILES string of the molecule is CN(C)[CH2][Sn]([CH3])([CH3])[CH2]N(C)C. The predicted molar refractivity (Wildman–Crippen MR) is 54.6 cm³/mol. The fraction of sp³-hybridized carbons (Fsp3) is 1.00. The van der Waals surface area contributed by atoms with E-state index in [4.69, 9.17) is 0 Å². The Morgan fingerprint density at radius 2 is 1.09 bits per heavy atom. The number of hydrogen-bond donors (Lipinski definition) is 0. The van der Waals surface area contributed by atoms with Crippen molar-refractivity contribution >= 4 is 18.4 Å². The Bertz CT molecular complexity index is 98.7. The van der Waals surface area contributed by atoms with Crippen LogP contribution in [0.3, 0.4) is 0 Å². The Morgan fingerprint density at radius 1 is 0.818 bits per heavy atom. The molecular weight excluding hydrogens is 243 g/mol. The van der Waals surface area contributed by atoms with Gasteiger partial charge >= 0.3 is 75.4 Å². The molecule has 0 rings (SSSR count). The topological polar surface area (TPSA) is 6.48 Å².